The molecule has 2 rings (SSSR count). The molecule has 0 bridgehead atoms. The summed E-state index contributed by atoms with van der Waals surface area (Å²) < 4.78 is 5.31. The van der Waals surface area contributed by atoms with E-state index < -0.39 is 0 Å². The topological polar surface area (TPSA) is 29.5 Å². The van der Waals surface area contributed by atoms with Crippen LogP contribution in [0.3, 0.4) is 0 Å². The van der Waals surface area contributed by atoms with E-state index in [9.17, 15) is 5.11 Å². The van der Waals surface area contributed by atoms with Crippen molar-refractivity contribution >= 4 is 11.3 Å². The van der Waals surface area contributed by atoms with Crippen LogP contribution in [-0.2, 0) is 19.3 Å². The molecule has 1 heterocycles. The highest BCUT2D eigenvalue weighted by Gasteiger charge is 2.11. The van der Waals surface area contributed by atoms with Gasteiger partial charge in [-0.2, -0.15) is 0 Å². The van der Waals surface area contributed by atoms with Crippen LogP contribution >= 0.6 is 11.3 Å². The van der Waals surface area contributed by atoms with E-state index >= 15 is 0 Å². The van der Waals surface area contributed by atoms with Crippen LogP contribution in [0.2, 0.25) is 0 Å². The average molecular weight is 276 g/mol. The fourth-order valence-electron chi connectivity index (χ4n) is 2.15. The number of benzene rings is 1. The second-order valence-corrected chi connectivity index (χ2v) is 5.85. The molecule has 1 aromatic carbocycles. The Morgan fingerprint density at radius 2 is 1.84 bits per heavy atom. The van der Waals surface area contributed by atoms with E-state index in [2.05, 4.69) is 19.1 Å². The number of thiophene rings is 1. The van der Waals surface area contributed by atoms with Gasteiger partial charge in [-0.1, -0.05) is 25.1 Å². The lowest BCUT2D eigenvalue weighted by Gasteiger charge is -2.12. The van der Waals surface area contributed by atoms with Crippen molar-refractivity contribution in [2.24, 2.45) is 0 Å². The van der Waals surface area contributed by atoms with Crippen LogP contribution < -0.4 is 4.74 Å². The monoisotopic (exact) mass is 276 g/mol. The lowest BCUT2D eigenvalue weighted by molar-refractivity contribution is 0.175. The Hall–Kier alpha value is -1.32. The van der Waals surface area contributed by atoms with Crippen molar-refractivity contribution in [1.82, 2.24) is 0 Å². The zero-order chi connectivity index (χ0) is 13.7. The number of rotatable bonds is 6. The predicted molar refractivity (Wildman–Crippen MR) is 80.1 cm³/mol. The first-order valence-corrected chi connectivity index (χ1v) is 7.42. The first-order chi connectivity index (χ1) is 9.22. The van der Waals surface area contributed by atoms with Crippen LogP contribution in [0.1, 0.15) is 22.2 Å². The molecule has 19 heavy (non-hydrogen) atoms. The summed E-state index contributed by atoms with van der Waals surface area (Å²) in [5.74, 6) is 0.849. The fraction of sp³-hybridized carbons (Fsp3) is 0.375. The number of aliphatic hydroxyl groups excluding tert-OH is 1. The molecule has 2 aromatic rings. The van der Waals surface area contributed by atoms with Crippen LogP contribution in [0.15, 0.2) is 36.4 Å². The van der Waals surface area contributed by atoms with Crippen molar-refractivity contribution in [2.75, 3.05) is 7.11 Å². The van der Waals surface area contributed by atoms with Crippen molar-refractivity contribution in [1.29, 1.82) is 0 Å². The molecular formula is C16H20O2S. The quantitative estimate of drug-likeness (QED) is 0.875. The number of ether oxygens (including phenoxy) is 1. The number of hydrogen-bond donors (Lipinski definition) is 1. The van der Waals surface area contributed by atoms with Gasteiger partial charge in [0.2, 0.25) is 0 Å². The Morgan fingerprint density at radius 1 is 1.11 bits per heavy atom. The minimum Gasteiger partial charge on any atom is -0.496 e. The second-order valence-electron chi connectivity index (χ2n) is 4.60. The highest BCUT2D eigenvalue weighted by Crippen LogP contribution is 2.22. The molecule has 1 N–H and O–H groups in total. The minimum absolute atomic E-state index is 0.361. The first kappa shape index (κ1) is 14.1. The molecule has 0 amide bonds. The van der Waals surface area contributed by atoms with Gasteiger partial charge in [0.25, 0.3) is 0 Å². The second kappa shape index (κ2) is 6.73. The van der Waals surface area contributed by atoms with Gasteiger partial charge in [-0.25, -0.2) is 0 Å². The number of aliphatic hydroxyl groups is 1. The van der Waals surface area contributed by atoms with Gasteiger partial charge < -0.3 is 9.84 Å². The molecule has 0 aliphatic rings. The fourth-order valence-corrected chi connectivity index (χ4v) is 3.18. The maximum Gasteiger partial charge on any atom is 0.122 e. The van der Waals surface area contributed by atoms with Crippen LogP contribution in [0, 0.1) is 0 Å². The van der Waals surface area contributed by atoms with Gasteiger partial charge in [0, 0.05) is 22.6 Å². The van der Waals surface area contributed by atoms with Crippen molar-refractivity contribution < 1.29 is 9.84 Å². The van der Waals surface area contributed by atoms with Gasteiger partial charge in [0.05, 0.1) is 13.2 Å². The molecule has 0 radical (unpaired) electrons. The van der Waals surface area contributed by atoms with Gasteiger partial charge in [-0.3, -0.25) is 0 Å². The van der Waals surface area contributed by atoms with Crippen molar-refractivity contribution in [2.45, 2.75) is 32.3 Å². The molecule has 0 aliphatic heterocycles. The number of methoxy groups -OCH3 is 1. The Labute approximate surface area is 118 Å². The van der Waals surface area contributed by atoms with E-state index in [0.29, 0.717) is 12.8 Å². The maximum atomic E-state index is 10.2. The lowest BCUT2D eigenvalue weighted by atomic mass is 10.0. The van der Waals surface area contributed by atoms with Gasteiger partial charge >= 0.3 is 0 Å². The molecule has 102 valence electrons. The van der Waals surface area contributed by atoms with Crippen LogP contribution in [0.4, 0.5) is 0 Å². The zero-order valence-corrected chi connectivity index (χ0v) is 12.2. The molecule has 0 spiro atoms. The third kappa shape index (κ3) is 3.82. The summed E-state index contributed by atoms with van der Waals surface area (Å²) in [5, 5.41) is 10.2. The summed E-state index contributed by atoms with van der Waals surface area (Å²) in [6.45, 7) is 2.15. The van der Waals surface area contributed by atoms with E-state index in [1.807, 2.05) is 24.3 Å². The summed E-state index contributed by atoms with van der Waals surface area (Å²) in [5.41, 5.74) is 1.06. The van der Waals surface area contributed by atoms with Gasteiger partial charge in [-0.15, -0.1) is 11.3 Å². The Kier molecular flexibility index (Phi) is 5.00. The van der Waals surface area contributed by atoms with E-state index in [0.717, 1.165) is 17.7 Å². The number of aryl methyl sites for hydroxylation is 1. The Morgan fingerprint density at radius 3 is 2.53 bits per heavy atom. The first-order valence-electron chi connectivity index (χ1n) is 6.60. The van der Waals surface area contributed by atoms with E-state index in [1.165, 1.54) is 9.75 Å². The van der Waals surface area contributed by atoms with Crippen LogP contribution in [-0.4, -0.2) is 18.3 Å². The summed E-state index contributed by atoms with van der Waals surface area (Å²) in [6, 6.07) is 12.1. The zero-order valence-electron chi connectivity index (χ0n) is 11.4. The molecule has 0 saturated heterocycles. The molecule has 0 aliphatic carbocycles. The largest absolute Gasteiger partial charge is 0.496 e. The number of para-hydroxylation sites is 1. The van der Waals surface area contributed by atoms with Crippen LogP contribution in [0.25, 0.3) is 0 Å². The molecular weight excluding hydrogens is 256 g/mol. The maximum absolute atomic E-state index is 10.2. The van der Waals surface area contributed by atoms with Gasteiger partial charge in [-0.05, 0) is 30.2 Å². The third-order valence-electron chi connectivity index (χ3n) is 3.15. The number of hydrogen-bond acceptors (Lipinski definition) is 3. The average Bonchev–Trinajstić information content (AvgIpc) is 2.87. The summed E-state index contributed by atoms with van der Waals surface area (Å²) in [7, 11) is 1.66. The highest BCUT2D eigenvalue weighted by molar-refractivity contribution is 7.11. The predicted octanol–water partition coefficient (Wildman–Crippen LogP) is 3.47. The molecule has 0 saturated carbocycles. The van der Waals surface area contributed by atoms with Crippen molar-refractivity contribution in [3.63, 3.8) is 0 Å². The van der Waals surface area contributed by atoms with Crippen molar-refractivity contribution in [3.8, 4) is 5.75 Å². The van der Waals surface area contributed by atoms with Crippen molar-refractivity contribution in [3.05, 3.63) is 51.7 Å². The molecule has 0 fully saturated rings. The smallest absolute Gasteiger partial charge is 0.122 e. The molecule has 1 aromatic heterocycles. The summed E-state index contributed by atoms with van der Waals surface area (Å²) in [4.78, 5) is 2.62. The molecule has 1 atom stereocenters. The SMILES string of the molecule is CCc1ccc(CC(O)Cc2ccccc2OC)s1. The third-order valence-corrected chi connectivity index (χ3v) is 4.40. The molecule has 2 nitrogen and oxygen atoms in total. The van der Waals surface area contributed by atoms with E-state index in [-0.39, 0.29) is 6.10 Å². The minimum atomic E-state index is -0.361. The Bertz CT molecular complexity index is 519. The molecule has 1 unspecified atom stereocenters. The normalized spacial score (nSPS) is 12.4. The Balaban J connectivity index is 1.98. The van der Waals surface area contributed by atoms with E-state index in [4.69, 9.17) is 4.74 Å². The molecule has 3 heteroatoms. The van der Waals surface area contributed by atoms with E-state index in [1.54, 1.807) is 18.4 Å². The summed E-state index contributed by atoms with van der Waals surface area (Å²) in [6.07, 6.45) is 2.04. The summed E-state index contributed by atoms with van der Waals surface area (Å²) >= 11 is 1.79. The standard InChI is InChI=1S/C16H20O2S/c1-3-14-8-9-15(19-14)11-13(17)10-12-6-4-5-7-16(12)18-2/h4-9,13,17H,3,10-11H2,1-2H3. The van der Waals surface area contributed by atoms with Gasteiger partial charge in [0.1, 0.15) is 5.75 Å². The van der Waals surface area contributed by atoms with Gasteiger partial charge in [0.15, 0.2) is 0 Å². The van der Waals surface area contributed by atoms with Crippen LogP contribution in [0.5, 0.6) is 5.75 Å². The lowest BCUT2D eigenvalue weighted by Crippen LogP contribution is -2.13. The highest BCUT2D eigenvalue weighted by atomic mass is 32.1.